The molecule has 1 heterocycles. The molecule has 3 rings (SSSR count). The van der Waals surface area contributed by atoms with E-state index < -0.39 is 0 Å². The van der Waals surface area contributed by atoms with Crippen LogP contribution in [-0.4, -0.2) is 36.8 Å². The molecule has 136 valence electrons. The first-order valence-corrected chi connectivity index (χ1v) is 9.08. The third-order valence-corrected chi connectivity index (χ3v) is 5.04. The van der Waals surface area contributed by atoms with E-state index in [9.17, 15) is 9.59 Å². The molecule has 2 aromatic carbocycles. The molecule has 26 heavy (non-hydrogen) atoms. The monoisotopic (exact) mass is 351 g/mol. The number of nitrogens with zero attached hydrogens (tertiary/aromatic N) is 1. The number of aryl methyl sites for hydroxylation is 1. The Morgan fingerprint density at radius 1 is 1.08 bits per heavy atom. The summed E-state index contributed by atoms with van der Waals surface area (Å²) in [4.78, 5) is 27.1. The van der Waals surface area contributed by atoms with Gasteiger partial charge < -0.3 is 9.64 Å². The van der Waals surface area contributed by atoms with Crippen LogP contribution in [0.5, 0.6) is 5.75 Å². The van der Waals surface area contributed by atoms with Gasteiger partial charge in [0.2, 0.25) is 5.91 Å². The Kier molecular flexibility index (Phi) is 5.71. The highest BCUT2D eigenvalue weighted by atomic mass is 16.5. The van der Waals surface area contributed by atoms with Crippen LogP contribution in [0, 0.1) is 12.8 Å². The topological polar surface area (TPSA) is 46.6 Å². The maximum Gasteiger partial charge on any atom is 0.226 e. The van der Waals surface area contributed by atoms with E-state index in [0.29, 0.717) is 19.5 Å². The molecule has 0 aromatic heterocycles. The van der Waals surface area contributed by atoms with Crippen molar-refractivity contribution in [2.75, 3.05) is 20.2 Å². The molecule has 0 spiro atoms. The van der Waals surface area contributed by atoms with E-state index in [1.54, 1.807) is 7.11 Å². The van der Waals surface area contributed by atoms with Crippen molar-refractivity contribution >= 4 is 11.7 Å². The average Bonchev–Trinajstić information content (AvgIpc) is 2.68. The molecule has 0 saturated carbocycles. The summed E-state index contributed by atoms with van der Waals surface area (Å²) in [6.07, 6.45) is 1.83. The van der Waals surface area contributed by atoms with Crippen LogP contribution >= 0.6 is 0 Å². The number of hydrogen-bond donors (Lipinski definition) is 0. The van der Waals surface area contributed by atoms with Crippen LogP contribution in [0.15, 0.2) is 48.5 Å². The molecule has 1 fully saturated rings. The molecule has 0 radical (unpaired) electrons. The summed E-state index contributed by atoms with van der Waals surface area (Å²) in [6.45, 7) is 3.30. The van der Waals surface area contributed by atoms with Gasteiger partial charge in [-0.25, -0.2) is 0 Å². The van der Waals surface area contributed by atoms with E-state index in [0.717, 1.165) is 35.3 Å². The highest BCUT2D eigenvalue weighted by Gasteiger charge is 2.27. The minimum Gasteiger partial charge on any atom is -0.497 e. The number of ketones is 1. The van der Waals surface area contributed by atoms with Crippen molar-refractivity contribution < 1.29 is 14.3 Å². The number of carbonyl (C=O) groups excluding carboxylic acids is 2. The standard InChI is InChI=1S/C22H25NO3/c1-16-6-8-18(9-7-16)22(25)19-10-12-23(13-11-19)21(24)15-17-4-3-5-20(14-17)26-2/h3-9,14,19H,10-13,15H2,1-2H3. The molecule has 0 aliphatic carbocycles. The fourth-order valence-corrected chi connectivity index (χ4v) is 3.41. The minimum absolute atomic E-state index is 0.0126. The zero-order chi connectivity index (χ0) is 18.5. The van der Waals surface area contributed by atoms with Gasteiger partial charge in [-0.2, -0.15) is 0 Å². The lowest BCUT2D eigenvalue weighted by atomic mass is 9.88. The van der Waals surface area contributed by atoms with Crippen LogP contribution in [0.1, 0.15) is 34.3 Å². The summed E-state index contributed by atoms with van der Waals surface area (Å²) in [5.74, 6) is 1.08. The fraction of sp³-hybridized carbons (Fsp3) is 0.364. The summed E-state index contributed by atoms with van der Waals surface area (Å²) < 4.78 is 5.21. The van der Waals surface area contributed by atoms with Crippen molar-refractivity contribution in [1.29, 1.82) is 0 Å². The second-order valence-corrected chi connectivity index (χ2v) is 6.91. The number of piperidine rings is 1. The van der Waals surface area contributed by atoms with Crippen molar-refractivity contribution in [3.63, 3.8) is 0 Å². The number of Topliss-reactive ketones (excluding diaryl/α,β-unsaturated/α-hetero) is 1. The van der Waals surface area contributed by atoms with Crippen LogP contribution in [0.3, 0.4) is 0 Å². The number of amides is 1. The van der Waals surface area contributed by atoms with E-state index >= 15 is 0 Å². The molecule has 4 nitrogen and oxygen atoms in total. The van der Waals surface area contributed by atoms with Crippen molar-refractivity contribution in [2.24, 2.45) is 5.92 Å². The van der Waals surface area contributed by atoms with E-state index in [1.807, 2.05) is 60.4 Å². The van der Waals surface area contributed by atoms with Crippen molar-refractivity contribution in [2.45, 2.75) is 26.2 Å². The molecule has 0 bridgehead atoms. The molecule has 0 unspecified atom stereocenters. The molecule has 0 atom stereocenters. The molecule has 2 aromatic rings. The smallest absolute Gasteiger partial charge is 0.226 e. The number of ether oxygens (including phenoxy) is 1. The SMILES string of the molecule is COc1cccc(CC(=O)N2CCC(C(=O)c3ccc(C)cc3)CC2)c1. The van der Waals surface area contributed by atoms with Gasteiger partial charge in [0.25, 0.3) is 0 Å². The number of rotatable bonds is 5. The maximum atomic E-state index is 12.6. The van der Waals surface area contributed by atoms with Gasteiger partial charge in [0.15, 0.2) is 5.78 Å². The normalized spacial score (nSPS) is 14.9. The largest absolute Gasteiger partial charge is 0.497 e. The molecule has 1 aliphatic heterocycles. The Hall–Kier alpha value is -2.62. The highest BCUT2D eigenvalue weighted by molar-refractivity contribution is 5.98. The van der Waals surface area contributed by atoms with E-state index in [2.05, 4.69) is 0 Å². The van der Waals surface area contributed by atoms with Gasteiger partial charge in [-0.3, -0.25) is 9.59 Å². The van der Waals surface area contributed by atoms with Gasteiger partial charge in [0.1, 0.15) is 5.75 Å². The highest BCUT2D eigenvalue weighted by Crippen LogP contribution is 2.23. The van der Waals surface area contributed by atoms with E-state index in [1.165, 1.54) is 0 Å². The summed E-state index contributed by atoms with van der Waals surface area (Å²) in [6, 6.07) is 15.3. The molecule has 4 heteroatoms. The minimum atomic E-state index is 0.0126. The van der Waals surface area contributed by atoms with E-state index in [4.69, 9.17) is 4.74 Å². The van der Waals surface area contributed by atoms with Crippen molar-refractivity contribution in [3.8, 4) is 5.75 Å². The van der Waals surface area contributed by atoms with Gasteiger partial charge >= 0.3 is 0 Å². The Balaban J connectivity index is 1.55. The van der Waals surface area contributed by atoms with Crippen molar-refractivity contribution in [3.05, 3.63) is 65.2 Å². The average molecular weight is 351 g/mol. The Morgan fingerprint density at radius 3 is 2.42 bits per heavy atom. The second-order valence-electron chi connectivity index (χ2n) is 6.91. The van der Waals surface area contributed by atoms with Crippen LogP contribution in [-0.2, 0) is 11.2 Å². The van der Waals surface area contributed by atoms with E-state index in [-0.39, 0.29) is 17.6 Å². The zero-order valence-corrected chi connectivity index (χ0v) is 15.4. The first kappa shape index (κ1) is 18.2. The third-order valence-electron chi connectivity index (χ3n) is 5.04. The van der Waals surface area contributed by atoms with Gasteiger partial charge in [-0.05, 0) is 37.5 Å². The fourth-order valence-electron chi connectivity index (χ4n) is 3.41. The van der Waals surface area contributed by atoms with Crippen LogP contribution in [0.25, 0.3) is 0 Å². The molecule has 0 N–H and O–H groups in total. The Morgan fingerprint density at radius 2 is 1.77 bits per heavy atom. The Bertz CT molecular complexity index is 774. The quantitative estimate of drug-likeness (QED) is 0.772. The first-order chi connectivity index (χ1) is 12.6. The van der Waals surface area contributed by atoms with Gasteiger partial charge in [-0.15, -0.1) is 0 Å². The van der Waals surface area contributed by atoms with Crippen LogP contribution < -0.4 is 4.74 Å². The number of benzene rings is 2. The van der Waals surface area contributed by atoms with Crippen molar-refractivity contribution in [1.82, 2.24) is 4.90 Å². The lowest BCUT2D eigenvalue weighted by Gasteiger charge is -2.31. The number of hydrogen-bond acceptors (Lipinski definition) is 3. The first-order valence-electron chi connectivity index (χ1n) is 9.08. The van der Waals surface area contributed by atoms with Gasteiger partial charge in [0.05, 0.1) is 13.5 Å². The van der Waals surface area contributed by atoms with Crippen LogP contribution in [0.2, 0.25) is 0 Å². The lowest BCUT2D eigenvalue weighted by molar-refractivity contribution is -0.131. The molecular formula is C22H25NO3. The summed E-state index contributed by atoms with van der Waals surface area (Å²) in [5, 5.41) is 0. The molecule has 1 amide bonds. The summed E-state index contributed by atoms with van der Waals surface area (Å²) in [7, 11) is 1.62. The third kappa shape index (κ3) is 4.31. The van der Waals surface area contributed by atoms with Gasteiger partial charge in [0, 0.05) is 24.6 Å². The Labute approximate surface area is 154 Å². The van der Waals surface area contributed by atoms with Gasteiger partial charge in [-0.1, -0.05) is 42.0 Å². The van der Waals surface area contributed by atoms with Crippen LogP contribution in [0.4, 0.5) is 0 Å². The number of carbonyl (C=O) groups is 2. The second kappa shape index (κ2) is 8.17. The molecule has 1 saturated heterocycles. The lowest BCUT2D eigenvalue weighted by Crippen LogP contribution is -2.41. The number of likely N-dealkylation sites (tertiary alicyclic amines) is 1. The predicted octanol–water partition coefficient (Wildman–Crippen LogP) is 3.67. The zero-order valence-electron chi connectivity index (χ0n) is 15.4. The molecular weight excluding hydrogens is 326 g/mol. The molecule has 1 aliphatic rings. The maximum absolute atomic E-state index is 12.6. The summed E-state index contributed by atoms with van der Waals surface area (Å²) in [5.41, 5.74) is 2.88. The predicted molar refractivity (Wildman–Crippen MR) is 102 cm³/mol. The number of methoxy groups -OCH3 is 1. The summed E-state index contributed by atoms with van der Waals surface area (Å²) >= 11 is 0.